The second kappa shape index (κ2) is 8.91. The SMILES string of the molecule is CCN(CC)CCCNC(C#N)c1c(F)cccc1Cl. The lowest BCUT2D eigenvalue weighted by Crippen LogP contribution is -2.28. The quantitative estimate of drug-likeness (QED) is 0.748. The van der Waals surface area contributed by atoms with E-state index in [0.717, 1.165) is 26.1 Å². The molecule has 1 N–H and O–H groups in total. The van der Waals surface area contributed by atoms with Gasteiger partial charge in [-0.15, -0.1) is 0 Å². The fraction of sp³-hybridized carbons (Fsp3) is 0.533. The van der Waals surface area contributed by atoms with Crippen LogP contribution in [0, 0.1) is 17.1 Å². The topological polar surface area (TPSA) is 39.1 Å². The molecule has 0 fully saturated rings. The summed E-state index contributed by atoms with van der Waals surface area (Å²) in [5.41, 5.74) is 0.236. The van der Waals surface area contributed by atoms with Crippen LogP contribution in [0.25, 0.3) is 0 Å². The van der Waals surface area contributed by atoms with Gasteiger partial charge in [0.15, 0.2) is 0 Å². The van der Waals surface area contributed by atoms with Gasteiger partial charge in [0.2, 0.25) is 0 Å². The molecule has 0 aliphatic rings. The molecule has 0 aliphatic carbocycles. The Hall–Kier alpha value is -1.15. The van der Waals surface area contributed by atoms with Gasteiger partial charge in [-0.2, -0.15) is 5.26 Å². The molecule has 1 aromatic rings. The Kier molecular flexibility index (Phi) is 7.53. The molecule has 3 nitrogen and oxygen atoms in total. The second-order valence-electron chi connectivity index (χ2n) is 4.53. The van der Waals surface area contributed by atoms with Crippen LogP contribution in [-0.4, -0.2) is 31.1 Å². The van der Waals surface area contributed by atoms with Crippen LogP contribution in [0.5, 0.6) is 0 Å². The summed E-state index contributed by atoms with van der Waals surface area (Å²) in [5, 5.41) is 12.5. The summed E-state index contributed by atoms with van der Waals surface area (Å²) >= 11 is 5.97. The van der Waals surface area contributed by atoms with Crippen LogP contribution in [0.1, 0.15) is 31.9 Å². The molecule has 0 amide bonds. The van der Waals surface area contributed by atoms with E-state index in [2.05, 4.69) is 30.1 Å². The lowest BCUT2D eigenvalue weighted by molar-refractivity contribution is 0.297. The van der Waals surface area contributed by atoms with E-state index in [9.17, 15) is 9.65 Å². The zero-order valence-electron chi connectivity index (χ0n) is 12.0. The van der Waals surface area contributed by atoms with Gasteiger partial charge in [-0.25, -0.2) is 4.39 Å². The molecular formula is C15H21ClFN3. The summed E-state index contributed by atoms with van der Waals surface area (Å²) in [6.07, 6.45) is 0.909. The lowest BCUT2D eigenvalue weighted by atomic mass is 10.1. The molecule has 0 radical (unpaired) electrons. The van der Waals surface area contributed by atoms with Gasteiger partial charge in [0.05, 0.1) is 6.07 Å². The van der Waals surface area contributed by atoms with Crippen molar-refractivity contribution in [3.05, 3.63) is 34.6 Å². The van der Waals surface area contributed by atoms with Crippen LogP contribution in [0.2, 0.25) is 5.02 Å². The molecular weight excluding hydrogens is 277 g/mol. The fourth-order valence-electron chi connectivity index (χ4n) is 2.09. The molecule has 0 saturated carbocycles. The summed E-state index contributed by atoms with van der Waals surface area (Å²) in [4.78, 5) is 2.30. The number of nitrogens with zero attached hydrogens (tertiary/aromatic N) is 2. The van der Waals surface area contributed by atoms with E-state index in [1.165, 1.54) is 12.1 Å². The molecule has 1 rings (SSSR count). The highest BCUT2D eigenvalue weighted by Crippen LogP contribution is 2.25. The Morgan fingerprint density at radius 3 is 2.65 bits per heavy atom. The van der Waals surface area contributed by atoms with E-state index >= 15 is 0 Å². The highest BCUT2D eigenvalue weighted by Gasteiger charge is 2.17. The Balaban J connectivity index is 2.55. The average molecular weight is 298 g/mol. The van der Waals surface area contributed by atoms with E-state index in [-0.39, 0.29) is 10.6 Å². The maximum Gasteiger partial charge on any atom is 0.130 e. The van der Waals surface area contributed by atoms with Crippen LogP contribution in [0.4, 0.5) is 4.39 Å². The summed E-state index contributed by atoms with van der Waals surface area (Å²) in [6, 6.07) is 5.82. The van der Waals surface area contributed by atoms with Gasteiger partial charge in [0, 0.05) is 10.6 Å². The zero-order valence-corrected chi connectivity index (χ0v) is 12.8. The van der Waals surface area contributed by atoms with Crippen molar-refractivity contribution in [2.75, 3.05) is 26.2 Å². The molecule has 0 aliphatic heterocycles. The first kappa shape index (κ1) is 16.9. The summed E-state index contributed by atoms with van der Waals surface area (Å²) in [5.74, 6) is -0.444. The smallest absolute Gasteiger partial charge is 0.130 e. The van der Waals surface area contributed by atoms with Crippen molar-refractivity contribution in [3.63, 3.8) is 0 Å². The second-order valence-corrected chi connectivity index (χ2v) is 4.94. The van der Waals surface area contributed by atoms with E-state index < -0.39 is 11.9 Å². The Bertz CT molecular complexity index is 435. The molecule has 1 unspecified atom stereocenters. The van der Waals surface area contributed by atoms with Gasteiger partial charge in [-0.3, -0.25) is 5.32 Å². The number of rotatable bonds is 8. The fourth-order valence-corrected chi connectivity index (χ4v) is 2.36. The summed E-state index contributed by atoms with van der Waals surface area (Å²) in [6.45, 7) is 7.87. The van der Waals surface area contributed by atoms with Crippen molar-refractivity contribution in [1.29, 1.82) is 5.26 Å². The largest absolute Gasteiger partial charge is 0.304 e. The summed E-state index contributed by atoms with van der Waals surface area (Å²) < 4.78 is 13.8. The number of benzene rings is 1. The Morgan fingerprint density at radius 1 is 1.40 bits per heavy atom. The van der Waals surface area contributed by atoms with Crippen molar-refractivity contribution in [3.8, 4) is 6.07 Å². The zero-order chi connectivity index (χ0) is 15.0. The minimum atomic E-state index is -0.708. The third-order valence-corrected chi connectivity index (χ3v) is 3.64. The highest BCUT2D eigenvalue weighted by molar-refractivity contribution is 6.31. The molecule has 20 heavy (non-hydrogen) atoms. The standard InChI is InChI=1S/C15H21ClFN3/c1-3-20(4-2)10-6-9-19-14(11-18)15-12(16)7-5-8-13(15)17/h5,7-8,14,19H,3-4,6,9-10H2,1-2H3. The molecule has 0 spiro atoms. The predicted molar refractivity (Wildman–Crippen MR) is 80.2 cm³/mol. The molecule has 1 aromatic carbocycles. The predicted octanol–water partition coefficient (Wildman–Crippen LogP) is 3.37. The Morgan fingerprint density at radius 2 is 2.10 bits per heavy atom. The first-order valence-electron chi connectivity index (χ1n) is 6.93. The van der Waals surface area contributed by atoms with E-state index in [0.29, 0.717) is 6.54 Å². The van der Waals surface area contributed by atoms with Crippen molar-refractivity contribution in [2.45, 2.75) is 26.3 Å². The van der Waals surface area contributed by atoms with Crippen molar-refractivity contribution < 1.29 is 4.39 Å². The van der Waals surface area contributed by atoms with Crippen LogP contribution in [-0.2, 0) is 0 Å². The number of nitriles is 1. The van der Waals surface area contributed by atoms with Gasteiger partial charge in [-0.05, 0) is 44.7 Å². The first-order valence-corrected chi connectivity index (χ1v) is 7.31. The number of halogens is 2. The third-order valence-electron chi connectivity index (χ3n) is 3.31. The van der Waals surface area contributed by atoms with Crippen LogP contribution in [0.3, 0.4) is 0 Å². The van der Waals surface area contributed by atoms with Gasteiger partial charge < -0.3 is 4.90 Å². The molecule has 0 saturated heterocycles. The molecule has 0 heterocycles. The average Bonchev–Trinajstić information content (AvgIpc) is 2.45. The third kappa shape index (κ3) is 4.75. The van der Waals surface area contributed by atoms with Crippen molar-refractivity contribution in [1.82, 2.24) is 10.2 Å². The minimum absolute atomic E-state index is 0.236. The van der Waals surface area contributed by atoms with Crippen molar-refractivity contribution in [2.24, 2.45) is 0 Å². The molecule has 1 atom stereocenters. The Labute approximate surface area is 125 Å². The highest BCUT2D eigenvalue weighted by atomic mass is 35.5. The maximum absolute atomic E-state index is 13.8. The normalized spacial score (nSPS) is 12.4. The maximum atomic E-state index is 13.8. The van der Waals surface area contributed by atoms with Gasteiger partial charge in [-0.1, -0.05) is 31.5 Å². The lowest BCUT2D eigenvalue weighted by Gasteiger charge is -2.19. The van der Waals surface area contributed by atoms with Gasteiger partial charge in [0.25, 0.3) is 0 Å². The monoisotopic (exact) mass is 297 g/mol. The minimum Gasteiger partial charge on any atom is -0.304 e. The first-order chi connectivity index (χ1) is 9.63. The number of hydrogen-bond donors (Lipinski definition) is 1. The summed E-state index contributed by atoms with van der Waals surface area (Å²) in [7, 11) is 0. The molecule has 110 valence electrons. The van der Waals surface area contributed by atoms with E-state index in [1.54, 1.807) is 6.07 Å². The van der Waals surface area contributed by atoms with Gasteiger partial charge >= 0.3 is 0 Å². The van der Waals surface area contributed by atoms with Crippen molar-refractivity contribution >= 4 is 11.6 Å². The molecule has 5 heteroatoms. The molecule has 0 aromatic heterocycles. The number of nitrogens with one attached hydrogen (secondary N) is 1. The van der Waals surface area contributed by atoms with Gasteiger partial charge in [0.1, 0.15) is 11.9 Å². The number of hydrogen-bond acceptors (Lipinski definition) is 3. The van der Waals surface area contributed by atoms with Crippen LogP contribution >= 0.6 is 11.6 Å². The van der Waals surface area contributed by atoms with Crippen LogP contribution < -0.4 is 5.32 Å². The van der Waals surface area contributed by atoms with E-state index in [4.69, 9.17) is 11.6 Å². The molecule has 0 bridgehead atoms. The van der Waals surface area contributed by atoms with Crippen LogP contribution in [0.15, 0.2) is 18.2 Å². The van der Waals surface area contributed by atoms with E-state index in [1.807, 2.05) is 0 Å².